The Hall–Kier alpha value is -1.76. The molecule has 0 aliphatic heterocycles. The van der Waals surface area contributed by atoms with Gasteiger partial charge >= 0.3 is 0 Å². The van der Waals surface area contributed by atoms with Crippen LogP contribution in [0.3, 0.4) is 0 Å². The number of aryl methyl sites for hydroxylation is 3. The molecule has 0 saturated heterocycles. The van der Waals surface area contributed by atoms with Crippen molar-refractivity contribution in [1.29, 1.82) is 0 Å². The molecule has 104 valence electrons. The van der Waals surface area contributed by atoms with Gasteiger partial charge in [-0.2, -0.15) is 0 Å². The first kappa shape index (κ1) is 13.2. The third-order valence-electron chi connectivity index (χ3n) is 4.03. The minimum Gasteiger partial charge on any atom is -0.455 e. The van der Waals surface area contributed by atoms with Crippen LogP contribution >= 0.6 is 0 Å². The lowest BCUT2D eigenvalue weighted by Crippen LogP contribution is -2.13. The highest BCUT2D eigenvalue weighted by Gasteiger charge is 2.23. The van der Waals surface area contributed by atoms with Crippen LogP contribution in [-0.2, 0) is 5.41 Å². The molecule has 0 amide bonds. The smallest absolute Gasteiger partial charge is 0.139 e. The van der Waals surface area contributed by atoms with Crippen molar-refractivity contribution in [3.8, 4) is 0 Å². The number of rotatable bonds is 0. The summed E-state index contributed by atoms with van der Waals surface area (Å²) < 4.78 is 6.28. The molecule has 3 aromatic rings. The second kappa shape index (κ2) is 4.12. The van der Waals surface area contributed by atoms with Crippen molar-refractivity contribution in [2.24, 2.45) is 0 Å². The Morgan fingerprint density at radius 1 is 0.800 bits per heavy atom. The fourth-order valence-corrected chi connectivity index (χ4v) is 3.32. The number of benzene rings is 2. The van der Waals surface area contributed by atoms with Crippen molar-refractivity contribution < 1.29 is 4.42 Å². The van der Waals surface area contributed by atoms with Crippen LogP contribution in [0.4, 0.5) is 0 Å². The van der Waals surface area contributed by atoms with Gasteiger partial charge in [-0.3, -0.25) is 0 Å². The average molecular weight is 266 g/mol. The van der Waals surface area contributed by atoms with Gasteiger partial charge in [0.05, 0.1) is 0 Å². The van der Waals surface area contributed by atoms with Gasteiger partial charge in [0.1, 0.15) is 11.2 Å². The summed E-state index contributed by atoms with van der Waals surface area (Å²) in [5.74, 6) is 0. The standard InChI is InChI=1S/C19H22O/c1-11-9-13(3)17-15(10-11)14-8-7-12(2)16(18(14)20-17)19(4,5)6/h7-10H,1-6H3. The number of furan rings is 1. The Balaban J connectivity index is 2.54. The van der Waals surface area contributed by atoms with Crippen LogP contribution in [0, 0.1) is 20.8 Å². The molecule has 0 bridgehead atoms. The normalized spacial score (nSPS) is 12.5. The van der Waals surface area contributed by atoms with E-state index in [0.29, 0.717) is 0 Å². The maximum absolute atomic E-state index is 6.28. The Kier molecular flexibility index (Phi) is 2.72. The molecule has 20 heavy (non-hydrogen) atoms. The molecular formula is C19H22O. The largest absolute Gasteiger partial charge is 0.455 e. The monoisotopic (exact) mass is 266 g/mol. The molecule has 1 nitrogen and oxygen atoms in total. The van der Waals surface area contributed by atoms with Gasteiger partial charge in [-0.25, -0.2) is 0 Å². The van der Waals surface area contributed by atoms with Crippen molar-refractivity contribution in [1.82, 2.24) is 0 Å². The summed E-state index contributed by atoms with van der Waals surface area (Å²) in [6.45, 7) is 13.2. The zero-order chi connectivity index (χ0) is 14.7. The highest BCUT2D eigenvalue weighted by molar-refractivity contribution is 6.07. The summed E-state index contributed by atoms with van der Waals surface area (Å²) in [6, 6.07) is 8.84. The maximum Gasteiger partial charge on any atom is 0.139 e. The molecule has 0 N–H and O–H groups in total. The lowest BCUT2D eigenvalue weighted by Gasteiger charge is -2.21. The Morgan fingerprint density at radius 2 is 1.50 bits per heavy atom. The first-order valence-electron chi connectivity index (χ1n) is 7.22. The van der Waals surface area contributed by atoms with E-state index in [2.05, 4.69) is 65.8 Å². The minimum absolute atomic E-state index is 0.0837. The lowest BCUT2D eigenvalue weighted by atomic mass is 9.83. The molecule has 0 radical (unpaired) electrons. The van der Waals surface area contributed by atoms with Crippen LogP contribution in [0.25, 0.3) is 21.9 Å². The first-order valence-corrected chi connectivity index (χ1v) is 7.22. The zero-order valence-corrected chi connectivity index (χ0v) is 13.2. The van der Waals surface area contributed by atoms with Crippen LogP contribution in [0.5, 0.6) is 0 Å². The summed E-state index contributed by atoms with van der Waals surface area (Å²) in [4.78, 5) is 0. The summed E-state index contributed by atoms with van der Waals surface area (Å²) >= 11 is 0. The molecule has 1 heterocycles. The number of hydrogen-bond acceptors (Lipinski definition) is 1. The van der Waals surface area contributed by atoms with E-state index in [4.69, 9.17) is 4.42 Å². The van der Waals surface area contributed by atoms with E-state index < -0.39 is 0 Å². The van der Waals surface area contributed by atoms with E-state index in [-0.39, 0.29) is 5.41 Å². The molecule has 0 unspecified atom stereocenters. The molecule has 0 atom stereocenters. The third-order valence-corrected chi connectivity index (χ3v) is 4.03. The van der Waals surface area contributed by atoms with Crippen molar-refractivity contribution in [2.45, 2.75) is 47.0 Å². The Morgan fingerprint density at radius 3 is 2.15 bits per heavy atom. The van der Waals surface area contributed by atoms with Gasteiger partial charge in [-0.1, -0.05) is 39.0 Å². The van der Waals surface area contributed by atoms with E-state index in [1.165, 1.54) is 33.0 Å². The van der Waals surface area contributed by atoms with Gasteiger partial charge < -0.3 is 4.42 Å². The molecule has 0 fully saturated rings. The van der Waals surface area contributed by atoms with Crippen LogP contribution in [0.2, 0.25) is 0 Å². The van der Waals surface area contributed by atoms with E-state index >= 15 is 0 Å². The van der Waals surface area contributed by atoms with Gasteiger partial charge in [-0.15, -0.1) is 0 Å². The highest BCUT2D eigenvalue weighted by Crippen LogP contribution is 2.39. The van der Waals surface area contributed by atoms with Gasteiger partial charge in [-0.05, 0) is 48.9 Å². The fraction of sp³-hybridized carbons (Fsp3) is 0.368. The lowest BCUT2D eigenvalue weighted by molar-refractivity contribution is 0.568. The quantitative estimate of drug-likeness (QED) is 0.500. The summed E-state index contributed by atoms with van der Waals surface area (Å²) in [6.07, 6.45) is 0. The first-order chi connectivity index (χ1) is 9.29. The van der Waals surface area contributed by atoms with Crippen LogP contribution in [0.15, 0.2) is 28.7 Å². The van der Waals surface area contributed by atoms with Gasteiger partial charge in [0.2, 0.25) is 0 Å². The molecule has 0 saturated carbocycles. The van der Waals surface area contributed by atoms with Crippen molar-refractivity contribution >= 4 is 21.9 Å². The molecule has 3 rings (SSSR count). The summed E-state index contributed by atoms with van der Waals surface area (Å²) in [7, 11) is 0. The average Bonchev–Trinajstić information content (AvgIpc) is 2.65. The maximum atomic E-state index is 6.28. The van der Waals surface area contributed by atoms with E-state index in [0.717, 1.165) is 11.2 Å². The van der Waals surface area contributed by atoms with Crippen molar-refractivity contribution in [2.75, 3.05) is 0 Å². The molecule has 1 heteroatoms. The minimum atomic E-state index is 0.0837. The second-order valence-corrected chi connectivity index (χ2v) is 6.94. The summed E-state index contributed by atoms with van der Waals surface area (Å²) in [5, 5.41) is 2.48. The molecule has 0 aliphatic rings. The van der Waals surface area contributed by atoms with Gasteiger partial charge in [0, 0.05) is 16.3 Å². The van der Waals surface area contributed by atoms with Crippen molar-refractivity contribution in [3.63, 3.8) is 0 Å². The number of fused-ring (bicyclic) bond motifs is 3. The van der Waals surface area contributed by atoms with Gasteiger partial charge in [0.15, 0.2) is 0 Å². The van der Waals surface area contributed by atoms with Gasteiger partial charge in [0.25, 0.3) is 0 Å². The molecule has 0 spiro atoms. The molecule has 2 aromatic carbocycles. The number of hydrogen-bond donors (Lipinski definition) is 0. The van der Waals surface area contributed by atoms with Crippen LogP contribution in [0.1, 0.15) is 43.0 Å². The topological polar surface area (TPSA) is 13.1 Å². The predicted molar refractivity (Wildman–Crippen MR) is 86.6 cm³/mol. The van der Waals surface area contributed by atoms with E-state index in [1.807, 2.05) is 0 Å². The van der Waals surface area contributed by atoms with E-state index in [9.17, 15) is 0 Å². The highest BCUT2D eigenvalue weighted by atomic mass is 16.3. The zero-order valence-electron chi connectivity index (χ0n) is 13.2. The van der Waals surface area contributed by atoms with Crippen LogP contribution in [-0.4, -0.2) is 0 Å². The predicted octanol–water partition coefficient (Wildman–Crippen LogP) is 5.81. The Bertz CT molecular complexity index is 813. The third kappa shape index (κ3) is 1.84. The molecule has 1 aromatic heterocycles. The van der Waals surface area contributed by atoms with Crippen molar-refractivity contribution in [3.05, 3.63) is 46.5 Å². The van der Waals surface area contributed by atoms with Crippen LogP contribution < -0.4 is 0 Å². The summed E-state index contributed by atoms with van der Waals surface area (Å²) in [5.41, 5.74) is 7.30. The van der Waals surface area contributed by atoms with E-state index in [1.54, 1.807) is 0 Å². The Labute approximate surface area is 120 Å². The second-order valence-electron chi connectivity index (χ2n) is 6.94. The fourth-order valence-electron chi connectivity index (χ4n) is 3.32. The molecular weight excluding hydrogens is 244 g/mol. The molecule has 0 aliphatic carbocycles. The SMILES string of the molecule is Cc1cc(C)c2oc3c(C(C)(C)C)c(C)ccc3c2c1.